The molecule has 1 aromatic carbocycles. The topological polar surface area (TPSA) is 80.7 Å². The maximum Gasteiger partial charge on any atom is 0.270 e. The van der Waals surface area contributed by atoms with Gasteiger partial charge in [-0.1, -0.05) is 37.3 Å². The van der Waals surface area contributed by atoms with Crippen LogP contribution in [0.2, 0.25) is 0 Å². The van der Waals surface area contributed by atoms with E-state index in [0.717, 1.165) is 11.1 Å². The minimum absolute atomic E-state index is 0.0903. The van der Waals surface area contributed by atoms with E-state index in [0.29, 0.717) is 30.1 Å². The second-order valence-corrected chi connectivity index (χ2v) is 6.63. The number of ketones is 1. The smallest absolute Gasteiger partial charge is 0.270 e. The molecule has 1 aliphatic heterocycles. The Balaban J connectivity index is 1.80. The first-order chi connectivity index (χ1) is 13.0. The van der Waals surface area contributed by atoms with Crippen LogP contribution in [0.1, 0.15) is 52.1 Å². The molecule has 3 rings (SSSR count). The largest absolute Gasteiger partial charge is 0.481 e. The molecule has 0 saturated heterocycles. The lowest BCUT2D eigenvalue weighted by atomic mass is 9.94. The number of methoxy groups -OCH3 is 1. The predicted molar refractivity (Wildman–Crippen MR) is 103 cm³/mol. The number of hydrogen-bond donors (Lipinski definition) is 1. The van der Waals surface area contributed by atoms with Crippen molar-refractivity contribution in [3.63, 3.8) is 0 Å². The normalized spacial score (nSPS) is 13.5. The fraction of sp³-hybridized carbons (Fsp3) is 0.333. The highest BCUT2D eigenvalue weighted by Crippen LogP contribution is 2.25. The molecule has 0 unspecified atom stereocenters. The molecule has 0 fully saturated rings. The monoisotopic (exact) mass is 365 g/mol. The van der Waals surface area contributed by atoms with E-state index in [1.165, 1.54) is 7.11 Å². The van der Waals surface area contributed by atoms with Crippen molar-refractivity contribution in [1.29, 1.82) is 0 Å². The molecule has 6 heteroatoms. The Morgan fingerprint density at radius 2 is 2.00 bits per heavy atom. The molecule has 0 spiro atoms. The number of aliphatic imine (C=N–C) groups is 1. The molecule has 6 nitrogen and oxygen atoms in total. The summed E-state index contributed by atoms with van der Waals surface area (Å²) in [5, 5.41) is 2.59. The van der Waals surface area contributed by atoms with E-state index in [4.69, 9.17) is 4.74 Å². The fourth-order valence-electron chi connectivity index (χ4n) is 3.31. The summed E-state index contributed by atoms with van der Waals surface area (Å²) in [5.41, 5.74) is 3.46. The summed E-state index contributed by atoms with van der Waals surface area (Å²) in [6.07, 6.45) is 0.620. The van der Waals surface area contributed by atoms with Crippen LogP contribution in [0.25, 0.3) is 0 Å². The van der Waals surface area contributed by atoms with Gasteiger partial charge < -0.3 is 10.1 Å². The first-order valence-corrected chi connectivity index (χ1v) is 8.93. The third-order valence-corrected chi connectivity index (χ3v) is 4.68. The number of rotatable bonds is 6. The standard InChI is InChI=1S/C21H23N3O3/c1-13(14-7-5-4-6-8-14)9-17(25)11-16-10-15-12-23-21(27-3)18(15)19(24-16)20(26)22-2/h4-8,10,13H,9,11-12H2,1-3H3,(H,22,26)/t13-/m0/s1. The van der Waals surface area contributed by atoms with Gasteiger partial charge in [-0.15, -0.1) is 0 Å². The van der Waals surface area contributed by atoms with Crippen LogP contribution >= 0.6 is 0 Å². The molecule has 0 saturated carbocycles. The van der Waals surface area contributed by atoms with Crippen LogP contribution < -0.4 is 5.32 Å². The molecule has 140 valence electrons. The maximum atomic E-state index is 12.6. The molecule has 0 aliphatic carbocycles. The van der Waals surface area contributed by atoms with Crippen LogP contribution in [0.4, 0.5) is 0 Å². The Hall–Kier alpha value is -3.02. The molecule has 2 aromatic rings. The Morgan fingerprint density at radius 3 is 2.67 bits per heavy atom. The van der Waals surface area contributed by atoms with E-state index in [1.807, 2.05) is 43.3 Å². The van der Waals surface area contributed by atoms with Crippen molar-refractivity contribution in [3.05, 3.63) is 64.5 Å². The predicted octanol–water partition coefficient (Wildman–Crippen LogP) is 2.65. The van der Waals surface area contributed by atoms with Crippen molar-refractivity contribution in [3.8, 4) is 0 Å². The van der Waals surface area contributed by atoms with Gasteiger partial charge in [0.05, 0.1) is 19.2 Å². The minimum Gasteiger partial charge on any atom is -0.481 e. The SMILES string of the molecule is CNC(=O)c1nc(CC(=O)C[C@H](C)c2ccccc2)cc2c1C(OC)=NC2. The van der Waals surface area contributed by atoms with Crippen LogP contribution in [0, 0.1) is 0 Å². The third-order valence-electron chi connectivity index (χ3n) is 4.68. The van der Waals surface area contributed by atoms with Crippen LogP contribution in [0.15, 0.2) is 41.4 Å². The van der Waals surface area contributed by atoms with Crippen molar-refractivity contribution >= 4 is 17.6 Å². The zero-order chi connectivity index (χ0) is 19.4. The second-order valence-electron chi connectivity index (χ2n) is 6.63. The molecular weight excluding hydrogens is 342 g/mol. The second kappa shape index (κ2) is 8.12. The fourth-order valence-corrected chi connectivity index (χ4v) is 3.31. The number of hydrogen-bond acceptors (Lipinski definition) is 5. The molecule has 0 radical (unpaired) electrons. The highest BCUT2D eigenvalue weighted by molar-refractivity contribution is 6.08. The first kappa shape index (κ1) is 18.8. The van der Waals surface area contributed by atoms with Gasteiger partial charge in [-0.3, -0.25) is 9.59 Å². The maximum absolute atomic E-state index is 12.6. The molecule has 1 N–H and O–H groups in total. The van der Waals surface area contributed by atoms with Crippen LogP contribution in [0.3, 0.4) is 0 Å². The number of amides is 1. The lowest BCUT2D eigenvalue weighted by Gasteiger charge is -2.13. The van der Waals surface area contributed by atoms with Gasteiger partial charge in [0.15, 0.2) is 0 Å². The first-order valence-electron chi connectivity index (χ1n) is 8.93. The number of Topliss-reactive ketones (excluding diaryl/α,β-unsaturated/α-hetero) is 1. The van der Waals surface area contributed by atoms with E-state index in [1.54, 1.807) is 7.05 Å². The molecule has 1 aliphatic rings. The molecule has 1 amide bonds. The van der Waals surface area contributed by atoms with Crippen molar-refractivity contribution in [2.45, 2.75) is 32.2 Å². The van der Waals surface area contributed by atoms with Gasteiger partial charge in [0.1, 0.15) is 11.5 Å². The number of nitrogens with zero attached hydrogens (tertiary/aromatic N) is 2. The van der Waals surface area contributed by atoms with Gasteiger partial charge in [0.25, 0.3) is 5.91 Å². The van der Waals surface area contributed by atoms with Crippen molar-refractivity contribution in [2.24, 2.45) is 4.99 Å². The van der Waals surface area contributed by atoms with Crippen molar-refractivity contribution < 1.29 is 14.3 Å². The number of carbonyl (C=O) groups excluding carboxylic acids is 2. The number of nitrogens with one attached hydrogen (secondary N) is 1. The molecule has 2 heterocycles. The number of fused-ring (bicyclic) bond motifs is 1. The number of pyridine rings is 1. The summed E-state index contributed by atoms with van der Waals surface area (Å²) in [6, 6.07) is 11.8. The van der Waals surface area contributed by atoms with Crippen molar-refractivity contribution in [2.75, 3.05) is 14.2 Å². The van der Waals surface area contributed by atoms with E-state index in [2.05, 4.69) is 15.3 Å². The van der Waals surface area contributed by atoms with E-state index in [9.17, 15) is 9.59 Å². The average Bonchev–Trinajstić information content (AvgIpc) is 3.10. The van der Waals surface area contributed by atoms with Gasteiger partial charge in [-0.05, 0) is 23.1 Å². The quantitative estimate of drug-likeness (QED) is 0.853. The Labute approximate surface area is 158 Å². The van der Waals surface area contributed by atoms with Gasteiger partial charge in [0, 0.05) is 25.6 Å². The lowest BCUT2D eigenvalue weighted by molar-refractivity contribution is -0.118. The summed E-state index contributed by atoms with van der Waals surface area (Å²) < 4.78 is 5.26. The van der Waals surface area contributed by atoms with Crippen LogP contribution in [-0.4, -0.2) is 36.7 Å². The number of ether oxygens (including phenoxy) is 1. The molecule has 27 heavy (non-hydrogen) atoms. The molecule has 1 aromatic heterocycles. The Bertz CT molecular complexity index is 891. The van der Waals surface area contributed by atoms with E-state index < -0.39 is 0 Å². The summed E-state index contributed by atoms with van der Waals surface area (Å²) in [6.45, 7) is 2.46. The van der Waals surface area contributed by atoms with Gasteiger partial charge in [0.2, 0.25) is 5.90 Å². The van der Waals surface area contributed by atoms with Gasteiger partial charge in [-0.2, -0.15) is 0 Å². The average molecular weight is 365 g/mol. The summed E-state index contributed by atoms with van der Waals surface area (Å²) >= 11 is 0. The van der Waals surface area contributed by atoms with Crippen LogP contribution in [0.5, 0.6) is 0 Å². The van der Waals surface area contributed by atoms with Crippen molar-refractivity contribution in [1.82, 2.24) is 10.3 Å². The molecule has 1 atom stereocenters. The summed E-state index contributed by atoms with van der Waals surface area (Å²) in [7, 11) is 3.07. The molecule has 0 bridgehead atoms. The van der Waals surface area contributed by atoms with E-state index in [-0.39, 0.29) is 29.7 Å². The summed E-state index contributed by atoms with van der Waals surface area (Å²) in [4.78, 5) is 33.6. The number of benzene rings is 1. The summed E-state index contributed by atoms with van der Waals surface area (Å²) in [5.74, 6) is 0.319. The molecular formula is C21H23N3O3. The van der Waals surface area contributed by atoms with Crippen LogP contribution in [-0.2, 0) is 22.5 Å². The Morgan fingerprint density at radius 1 is 1.26 bits per heavy atom. The number of carbonyl (C=O) groups is 2. The van der Waals surface area contributed by atoms with Gasteiger partial charge >= 0.3 is 0 Å². The minimum atomic E-state index is -0.315. The third kappa shape index (κ3) is 4.05. The highest BCUT2D eigenvalue weighted by atomic mass is 16.5. The number of aromatic nitrogens is 1. The van der Waals surface area contributed by atoms with Gasteiger partial charge in [-0.25, -0.2) is 9.98 Å². The zero-order valence-electron chi connectivity index (χ0n) is 15.8. The Kier molecular flexibility index (Phi) is 5.64. The van der Waals surface area contributed by atoms with E-state index >= 15 is 0 Å². The lowest BCUT2D eigenvalue weighted by Crippen LogP contribution is -2.24. The highest BCUT2D eigenvalue weighted by Gasteiger charge is 2.27. The zero-order valence-corrected chi connectivity index (χ0v) is 15.8.